The summed E-state index contributed by atoms with van der Waals surface area (Å²) in [5.74, 6) is 0. The van der Waals surface area contributed by atoms with Crippen molar-refractivity contribution in [3.8, 4) is 0 Å². The molecule has 0 unspecified atom stereocenters. The van der Waals surface area contributed by atoms with Crippen LogP contribution < -0.4 is 0 Å². The quantitative estimate of drug-likeness (QED) is 0.817. The fraction of sp³-hybridized carbons (Fsp3) is 0.727. The van der Waals surface area contributed by atoms with Crippen LogP contribution in [0, 0.1) is 13.8 Å². The predicted octanol–water partition coefficient (Wildman–Crippen LogP) is 0.430. The first-order chi connectivity index (χ1) is 8.36. The largest absolute Gasteiger partial charge is 0.395 e. The normalized spacial score (nSPS) is 12.3. The van der Waals surface area contributed by atoms with Gasteiger partial charge in [0.15, 0.2) is 0 Å². The van der Waals surface area contributed by atoms with Crippen molar-refractivity contribution in [3.63, 3.8) is 0 Å². The van der Waals surface area contributed by atoms with Gasteiger partial charge in [-0.2, -0.15) is 9.40 Å². The van der Waals surface area contributed by atoms with E-state index in [2.05, 4.69) is 5.10 Å². The monoisotopic (exact) mass is 275 g/mol. The number of aryl methyl sites for hydroxylation is 2. The highest BCUT2D eigenvalue weighted by Gasteiger charge is 2.29. The maximum atomic E-state index is 12.5. The second kappa shape index (κ2) is 5.81. The highest BCUT2D eigenvalue weighted by Crippen LogP contribution is 2.22. The number of aliphatic hydroxyl groups excluding tert-OH is 1. The summed E-state index contributed by atoms with van der Waals surface area (Å²) >= 11 is 0. The van der Waals surface area contributed by atoms with E-state index >= 15 is 0 Å². The molecule has 1 aromatic heterocycles. The summed E-state index contributed by atoms with van der Waals surface area (Å²) in [4.78, 5) is 0.256. The summed E-state index contributed by atoms with van der Waals surface area (Å²) < 4.78 is 27.9. The Bertz CT molecular complexity index is 502. The van der Waals surface area contributed by atoms with Crippen LogP contribution in [0.5, 0.6) is 0 Å². The summed E-state index contributed by atoms with van der Waals surface area (Å²) in [7, 11) is -1.86. The second-order valence-corrected chi connectivity index (χ2v) is 6.13. The van der Waals surface area contributed by atoms with Crippen LogP contribution in [0.15, 0.2) is 4.90 Å². The van der Waals surface area contributed by atoms with E-state index in [0.29, 0.717) is 24.4 Å². The Morgan fingerprint density at radius 2 is 1.94 bits per heavy atom. The minimum atomic E-state index is -3.58. The molecule has 0 radical (unpaired) electrons. The standard InChI is InChI=1S/C11H21N3O3S/c1-5-6-14(7-8-15)18(16,17)11-9(2)12-13(4)10(11)3/h15H,5-8H2,1-4H3. The van der Waals surface area contributed by atoms with Gasteiger partial charge in [0.25, 0.3) is 0 Å². The van der Waals surface area contributed by atoms with Crippen molar-refractivity contribution >= 4 is 10.0 Å². The highest BCUT2D eigenvalue weighted by molar-refractivity contribution is 7.89. The van der Waals surface area contributed by atoms with Gasteiger partial charge in [0.2, 0.25) is 10.0 Å². The molecule has 104 valence electrons. The first kappa shape index (κ1) is 15.1. The van der Waals surface area contributed by atoms with Crippen molar-refractivity contribution in [2.24, 2.45) is 7.05 Å². The van der Waals surface area contributed by atoms with E-state index in [0.717, 1.165) is 0 Å². The fourth-order valence-electron chi connectivity index (χ4n) is 1.97. The second-order valence-electron chi connectivity index (χ2n) is 4.25. The van der Waals surface area contributed by atoms with Crippen molar-refractivity contribution in [3.05, 3.63) is 11.4 Å². The van der Waals surface area contributed by atoms with E-state index in [4.69, 9.17) is 5.11 Å². The number of hydrogen-bond acceptors (Lipinski definition) is 4. The van der Waals surface area contributed by atoms with Gasteiger partial charge in [0, 0.05) is 20.1 Å². The van der Waals surface area contributed by atoms with Gasteiger partial charge in [-0.05, 0) is 20.3 Å². The molecule has 0 bridgehead atoms. The fourth-order valence-corrected chi connectivity index (χ4v) is 3.89. The van der Waals surface area contributed by atoms with Crippen molar-refractivity contribution in [1.82, 2.24) is 14.1 Å². The molecule has 0 amide bonds. The molecule has 1 rings (SSSR count). The Morgan fingerprint density at radius 1 is 1.33 bits per heavy atom. The molecule has 0 spiro atoms. The molecule has 0 aliphatic heterocycles. The topological polar surface area (TPSA) is 75.4 Å². The van der Waals surface area contributed by atoms with E-state index in [-0.39, 0.29) is 18.0 Å². The highest BCUT2D eigenvalue weighted by atomic mass is 32.2. The zero-order chi connectivity index (χ0) is 13.9. The molecule has 18 heavy (non-hydrogen) atoms. The van der Waals surface area contributed by atoms with Crippen molar-refractivity contribution in [2.75, 3.05) is 19.7 Å². The Kier molecular flexibility index (Phi) is 4.89. The SMILES string of the molecule is CCCN(CCO)S(=O)(=O)c1c(C)nn(C)c1C. The molecule has 1 heterocycles. The van der Waals surface area contributed by atoms with Crippen LogP contribution in [0.2, 0.25) is 0 Å². The molecule has 0 saturated heterocycles. The Hall–Kier alpha value is -0.920. The van der Waals surface area contributed by atoms with Gasteiger partial charge >= 0.3 is 0 Å². The first-order valence-electron chi connectivity index (χ1n) is 5.97. The molecule has 0 aliphatic carbocycles. The van der Waals surface area contributed by atoms with Crippen molar-refractivity contribution < 1.29 is 13.5 Å². The van der Waals surface area contributed by atoms with Crippen LogP contribution in [0.1, 0.15) is 24.7 Å². The molecular weight excluding hydrogens is 254 g/mol. The van der Waals surface area contributed by atoms with Crippen LogP contribution >= 0.6 is 0 Å². The average molecular weight is 275 g/mol. The lowest BCUT2D eigenvalue weighted by molar-refractivity contribution is 0.253. The molecule has 0 atom stereocenters. The Labute approximate surface area is 108 Å². The predicted molar refractivity (Wildman–Crippen MR) is 68.8 cm³/mol. The van der Waals surface area contributed by atoms with Gasteiger partial charge in [0.05, 0.1) is 18.0 Å². The van der Waals surface area contributed by atoms with Crippen LogP contribution in [0.4, 0.5) is 0 Å². The summed E-state index contributed by atoms with van der Waals surface area (Å²) in [5, 5.41) is 13.1. The number of sulfonamides is 1. The lowest BCUT2D eigenvalue weighted by atomic mass is 10.4. The van der Waals surface area contributed by atoms with Crippen molar-refractivity contribution in [1.29, 1.82) is 0 Å². The van der Waals surface area contributed by atoms with Crippen LogP contribution in [-0.2, 0) is 17.1 Å². The third-order valence-electron chi connectivity index (χ3n) is 2.86. The smallest absolute Gasteiger partial charge is 0.246 e. The number of nitrogens with zero attached hydrogens (tertiary/aromatic N) is 3. The number of aliphatic hydroxyl groups is 1. The Morgan fingerprint density at radius 3 is 2.33 bits per heavy atom. The number of hydrogen-bond donors (Lipinski definition) is 1. The molecule has 6 nitrogen and oxygen atoms in total. The van der Waals surface area contributed by atoms with E-state index in [1.165, 1.54) is 4.31 Å². The summed E-state index contributed by atoms with van der Waals surface area (Å²) in [6.07, 6.45) is 0.706. The maximum absolute atomic E-state index is 12.5. The van der Waals surface area contributed by atoms with Gasteiger partial charge < -0.3 is 5.11 Å². The minimum absolute atomic E-state index is 0.115. The van der Waals surface area contributed by atoms with Gasteiger partial charge in [-0.15, -0.1) is 0 Å². The molecule has 0 aliphatic rings. The van der Waals surface area contributed by atoms with Crippen LogP contribution in [-0.4, -0.2) is 47.3 Å². The van der Waals surface area contributed by atoms with Crippen molar-refractivity contribution in [2.45, 2.75) is 32.1 Å². The third-order valence-corrected chi connectivity index (χ3v) is 5.01. The van der Waals surface area contributed by atoms with Gasteiger partial charge in [-0.1, -0.05) is 6.92 Å². The summed E-state index contributed by atoms with van der Waals surface area (Å²) in [6, 6.07) is 0. The van der Waals surface area contributed by atoms with Gasteiger partial charge in [0.1, 0.15) is 4.90 Å². The number of rotatable bonds is 6. The minimum Gasteiger partial charge on any atom is -0.395 e. The average Bonchev–Trinajstić information content (AvgIpc) is 2.53. The zero-order valence-electron chi connectivity index (χ0n) is 11.3. The van der Waals surface area contributed by atoms with Gasteiger partial charge in [-0.3, -0.25) is 4.68 Å². The molecule has 1 aromatic rings. The summed E-state index contributed by atoms with van der Waals surface area (Å²) in [5.41, 5.74) is 1.11. The zero-order valence-corrected chi connectivity index (χ0v) is 12.2. The molecular formula is C11H21N3O3S. The Balaban J connectivity index is 3.26. The van der Waals surface area contributed by atoms with E-state index < -0.39 is 10.0 Å². The lowest BCUT2D eigenvalue weighted by Crippen LogP contribution is -2.34. The molecule has 7 heteroatoms. The third kappa shape index (κ3) is 2.73. The van der Waals surface area contributed by atoms with E-state index in [9.17, 15) is 8.42 Å². The molecule has 0 saturated carbocycles. The lowest BCUT2D eigenvalue weighted by Gasteiger charge is -2.20. The molecule has 0 aromatic carbocycles. The first-order valence-corrected chi connectivity index (χ1v) is 7.41. The molecule has 0 fully saturated rings. The maximum Gasteiger partial charge on any atom is 0.246 e. The van der Waals surface area contributed by atoms with Crippen LogP contribution in [0.25, 0.3) is 0 Å². The number of aromatic nitrogens is 2. The van der Waals surface area contributed by atoms with Crippen LogP contribution in [0.3, 0.4) is 0 Å². The summed E-state index contributed by atoms with van der Waals surface area (Å²) in [6.45, 7) is 5.65. The molecule has 1 N–H and O–H groups in total. The van der Waals surface area contributed by atoms with Gasteiger partial charge in [-0.25, -0.2) is 8.42 Å². The van der Waals surface area contributed by atoms with E-state index in [1.54, 1.807) is 25.6 Å². The van der Waals surface area contributed by atoms with E-state index in [1.807, 2.05) is 6.92 Å².